The minimum atomic E-state index is -0.585. The maximum Gasteiger partial charge on any atom is 0.325 e. The van der Waals surface area contributed by atoms with E-state index in [4.69, 9.17) is 23.7 Å². The van der Waals surface area contributed by atoms with E-state index in [1.807, 2.05) is 60.7 Å². The number of aliphatic hydroxyl groups is 1. The first-order chi connectivity index (χ1) is 25.8. The highest BCUT2D eigenvalue weighted by atomic mass is 16.7. The Labute approximate surface area is 311 Å². The summed E-state index contributed by atoms with van der Waals surface area (Å²) in [4.78, 5) is 26.2. The predicted octanol–water partition coefficient (Wildman–Crippen LogP) is 6.08. The second kappa shape index (κ2) is 17.7. The molecule has 4 aromatic rings. The van der Waals surface area contributed by atoms with Crippen LogP contribution in [-0.2, 0) is 45.1 Å². The molecule has 4 unspecified atom stereocenters. The van der Waals surface area contributed by atoms with Crippen molar-refractivity contribution in [1.29, 1.82) is 0 Å². The number of aliphatic hydroxyl groups excluding tert-OH is 1. The van der Waals surface area contributed by atoms with Gasteiger partial charge in [0.1, 0.15) is 6.54 Å². The van der Waals surface area contributed by atoms with Crippen molar-refractivity contribution in [3.05, 3.63) is 118 Å². The first kappa shape index (κ1) is 37.8. The molecule has 1 fully saturated rings. The Hall–Kier alpha value is -4.94. The molecule has 2 aliphatic rings. The summed E-state index contributed by atoms with van der Waals surface area (Å²) in [5, 5.41) is 14.9. The Kier molecular flexibility index (Phi) is 12.6. The van der Waals surface area contributed by atoms with Gasteiger partial charge in [0, 0.05) is 37.7 Å². The smallest absolute Gasteiger partial charge is 0.325 e. The summed E-state index contributed by atoms with van der Waals surface area (Å²) in [5.74, 6) is 1.06. The highest BCUT2D eigenvalue weighted by molar-refractivity contribution is 5.80. The fourth-order valence-corrected chi connectivity index (χ4v) is 6.98. The molecule has 4 atom stereocenters. The van der Waals surface area contributed by atoms with Crippen molar-refractivity contribution in [1.82, 2.24) is 15.5 Å². The van der Waals surface area contributed by atoms with E-state index in [0.717, 1.165) is 70.9 Å². The molecule has 6 rings (SSSR count). The van der Waals surface area contributed by atoms with Gasteiger partial charge in [-0.3, -0.25) is 9.69 Å². The molecule has 1 saturated heterocycles. The van der Waals surface area contributed by atoms with Gasteiger partial charge < -0.3 is 39.4 Å². The van der Waals surface area contributed by atoms with Crippen LogP contribution in [0.2, 0.25) is 0 Å². The van der Waals surface area contributed by atoms with E-state index >= 15 is 0 Å². The van der Waals surface area contributed by atoms with Crippen LogP contribution in [0.4, 0.5) is 4.79 Å². The standard InChI is InChI=1S/C42H49N3O8/c1-5-51-39(47)23-44-42(48)43-22-29-7-6-8-33(19-29)30-13-15-32(16-14-30)41-52-38(27(2)40(53-41)31-11-9-28(26-46)10-12-31)25-45-18-17-34-20-36(49-3)37(50-4)21-35(34)24-45/h6-16,19-21,27,38,40-41,46H,5,17-18,22-26H2,1-4H3,(H2,43,44,48). The van der Waals surface area contributed by atoms with Gasteiger partial charge in [0.05, 0.1) is 39.6 Å². The summed E-state index contributed by atoms with van der Waals surface area (Å²) in [7, 11) is 3.33. The number of amides is 2. The number of hydrogen-bond donors (Lipinski definition) is 3. The van der Waals surface area contributed by atoms with Crippen LogP contribution in [0.3, 0.4) is 0 Å². The Morgan fingerprint density at radius 3 is 2.26 bits per heavy atom. The molecule has 53 heavy (non-hydrogen) atoms. The number of benzene rings is 4. The van der Waals surface area contributed by atoms with Crippen LogP contribution in [-0.4, -0.2) is 68.6 Å². The van der Waals surface area contributed by atoms with Crippen molar-refractivity contribution >= 4 is 12.0 Å². The Morgan fingerprint density at radius 1 is 0.849 bits per heavy atom. The SMILES string of the molecule is CCOC(=O)CNC(=O)NCc1cccc(-c2ccc(C3OC(CN4CCc5cc(OC)c(OC)cc5C4)C(C)C(c4ccc(CO)cc4)O3)cc2)c1. The van der Waals surface area contributed by atoms with Crippen molar-refractivity contribution in [2.75, 3.05) is 40.5 Å². The molecule has 0 spiro atoms. The molecule has 2 amide bonds. The number of hydrogen-bond acceptors (Lipinski definition) is 9. The number of carbonyl (C=O) groups is 2. The first-order valence-electron chi connectivity index (χ1n) is 18.1. The first-order valence-corrected chi connectivity index (χ1v) is 18.1. The normalized spacial score (nSPS) is 19.9. The number of nitrogens with zero attached hydrogens (tertiary/aromatic N) is 1. The molecule has 0 aromatic heterocycles. The lowest BCUT2D eigenvalue weighted by Gasteiger charge is -2.43. The van der Waals surface area contributed by atoms with E-state index in [9.17, 15) is 14.7 Å². The van der Waals surface area contributed by atoms with Crippen LogP contribution < -0.4 is 20.1 Å². The summed E-state index contributed by atoms with van der Waals surface area (Å²) in [6.45, 7) is 6.69. The lowest BCUT2D eigenvalue weighted by atomic mass is 9.89. The zero-order chi connectivity index (χ0) is 37.3. The zero-order valence-electron chi connectivity index (χ0n) is 30.8. The summed E-state index contributed by atoms with van der Waals surface area (Å²) < 4.78 is 29.5. The molecule has 0 radical (unpaired) electrons. The molecular formula is C42H49N3O8. The largest absolute Gasteiger partial charge is 0.493 e. The number of methoxy groups -OCH3 is 2. The summed E-state index contributed by atoms with van der Waals surface area (Å²) in [6, 6.07) is 27.9. The number of rotatable bonds is 13. The molecule has 2 heterocycles. The number of fused-ring (bicyclic) bond motifs is 1. The number of carbonyl (C=O) groups excluding carboxylic acids is 2. The molecule has 11 nitrogen and oxygen atoms in total. The van der Waals surface area contributed by atoms with Crippen molar-refractivity contribution < 1.29 is 38.4 Å². The van der Waals surface area contributed by atoms with Gasteiger partial charge in [0.25, 0.3) is 0 Å². The summed E-state index contributed by atoms with van der Waals surface area (Å²) in [6.07, 6.45) is -0.00934. The predicted molar refractivity (Wildman–Crippen MR) is 200 cm³/mol. The number of urea groups is 1. The Balaban J connectivity index is 1.16. The summed E-state index contributed by atoms with van der Waals surface area (Å²) in [5.41, 5.74) is 8.26. The number of esters is 1. The second-order valence-corrected chi connectivity index (χ2v) is 13.4. The maximum atomic E-state index is 12.2. The van der Waals surface area contributed by atoms with Crippen molar-refractivity contribution in [2.45, 2.75) is 58.5 Å². The quantitative estimate of drug-likeness (QED) is 0.141. The van der Waals surface area contributed by atoms with E-state index in [1.165, 1.54) is 11.1 Å². The molecule has 0 bridgehead atoms. The minimum absolute atomic E-state index is 0.0129. The lowest BCUT2D eigenvalue weighted by Crippen LogP contribution is -2.45. The Bertz CT molecular complexity index is 1850. The van der Waals surface area contributed by atoms with Crippen LogP contribution in [0.15, 0.2) is 84.9 Å². The molecular weight excluding hydrogens is 674 g/mol. The fraction of sp³-hybridized carbons (Fsp3) is 0.381. The topological polar surface area (TPSA) is 128 Å². The van der Waals surface area contributed by atoms with Gasteiger partial charge in [-0.15, -0.1) is 0 Å². The monoisotopic (exact) mass is 723 g/mol. The fourth-order valence-electron chi connectivity index (χ4n) is 6.98. The Morgan fingerprint density at radius 2 is 1.57 bits per heavy atom. The van der Waals surface area contributed by atoms with Crippen LogP contribution in [0.1, 0.15) is 59.6 Å². The molecule has 4 aromatic carbocycles. The second-order valence-electron chi connectivity index (χ2n) is 13.4. The number of nitrogens with one attached hydrogen (secondary N) is 2. The van der Waals surface area contributed by atoms with Crippen LogP contribution in [0, 0.1) is 5.92 Å². The van der Waals surface area contributed by atoms with E-state index in [2.05, 4.69) is 46.7 Å². The van der Waals surface area contributed by atoms with E-state index < -0.39 is 18.3 Å². The van der Waals surface area contributed by atoms with Crippen molar-refractivity contribution in [3.63, 3.8) is 0 Å². The van der Waals surface area contributed by atoms with E-state index in [1.54, 1.807) is 21.1 Å². The van der Waals surface area contributed by atoms with Crippen LogP contribution in [0.5, 0.6) is 11.5 Å². The average Bonchev–Trinajstić information content (AvgIpc) is 3.19. The molecule has 3 N–H and O–H groups in total. The third-order valence-corrected chi connectivity index (χ3v) is 9.95. The summed E-state index contributed by atoms with van der Waals surface area (Å²) >= 11 is 0. The van der Waals surface area contributed by atoms with Gasteiger partial charge in [0.15, 0.2) is 17.8 Å². The third-order valence-electron chi connectivity index (χ3n) is 9.95. The van der Waals surface area contributed by atoms with Gasteiger partial charge in [0.2, 0.25) is 0 Å². The van der Waals surface area contributed by atoms with E-state index in [0.29, 0.717) is 6.54 Å². The van der Waals surface area contributed by atoms with Gasteiger partial charge in [-0.2, -0.15) is 0 Å². The molecule has 11 heteroatoms. The van der Waals surface area contributed by atoms with Crippen molar-refractivity contribution in [3.8, 4) is 22.6 Å². The average molecular weight is 724 g/mol. The van der Waals surface area contributed by atoms with Gasteiger partial charge in [-0.05, 0) is 70.5 Å². The molecule has 0 aliphatic carbocycles. The van der Waals surface area contributed by atoms with Gasteiger partial charge in [-0.1, -0.05) is 73.7 Å². The molecule has 2 aliphatic heterocycles. The van der Waals surface area contributed by atoms with Gasteiger partial charge >= 0.3 is 12.0 Å². The molecule has 0 saturated carbocycles. The van der Waals surface area contributed by atoms with Crippen LogP contribution in [0.25, 0.3) is 11.1 Å². The highest BCUT2D eigenvalue weighted by Crippen LogP contribution is 2.43. The lowest BCUT2D eigenvalue weighted by molar-refractivity contribution is -0.276. The van der Waals surface area contributed by atoms with Gasteiger partial charge in [-0.25, -0.2) is 4.79 Å². The maximum absolute atomic E-state index is 12.2. The minimum Gasteiger partial charge on any atom is -0.493 e. The third kappa shape index (κ3) is 9.36. The molecule has 280 valence electrons. The van der Waals surface area contributed by atoms with E-state index in [-0.39, 0.29) is 37.9 Å². The highest BCUT2D eigenvalue weighted by Gasteiger charge is 2.39. The van der Waals surface area contributed by atoms with Crippen LogP contribution >= 0.6 is 0 Å². The number of ether oxygens (including phenoxy) is 5. The van der Waals surface area contributed by atoms with Crippen molar-refractivity contribution in [2.24, 2.45) is 5.92 Å². The zero-order valence-corrected chi connectivity index (χ0v) is 30.8.